The predicted octanol–water partition coefficient (Wildman–Crippen LogP) is 1.84. The molecule has 100 valence electrons. The van der Waals surface area contributed by atoms with Gasteiger partial charge in [-0.25, -0.2) is 0 Å². The van der Waals surface area contributed by atoms with E-state index in [0.29, 0.717) is 18.3 Å². The van der Waals surface area contributed by atoms with Gasteiger partial charge in [0.25, 0.3) is 5.56 Å². The zero-order valence-electron chi connectivity index (χ0n) is 10.9. The van der Waals surface area contributed by atoms with E-state index in [1.807, 2.05) is 13.8 Å². The molecule has 2 rings (SSSR count). The highest BCUT2D eigenvalue weighted by molar-refractivity contribution is 5.10. The van der Waals surface area contributed by atoms with Crippen molar-refractivity contribution in [3.05, 3.63) is 22.2 Å². The molecule has 0 radical (unpaired) electrons. The van der Waals surface area contributed by atoms with E-state index < -0.39 is 0 Å². The summed E-state index contributed by atoms with van der Waals surface area (Å²) in [6.07, 6.45) is 3.44. The number of ether oxygens (including phenoxy) is 2. The van der Waals surface area contributed by atoms with Crippen molar-refractivity contribution in [2.24, 2.45) is 0 Å². The molecular weight excluding hydrogens is 232 g/mol. The van der Waals surface area contributed by atoms with Gasteiger partial charge in [0.2, 0.25) is 5.88 Å². The summed E-state index contributed by atoms with van der Waals surface area (Å²) in [6.45, 7) is 5.22. The average Bonchev–Trinajstić information content (AvgIpc) is 2.37. The fourth-order valence-electron chi connectivity index (χ4n) is 1.92. The lowest BCUT2D eigenvalue weighted by atomic mass is 10.1. The van der Waals surface area contributed by atoms with Crippen LogP contribution in [0.5, 0.6) is 5.88 Å². The monoisotopic (exact) mass is 252 g/mol. The van der Waals surface area contributed by atoms with Crippen molar-refractivity contribution >= 4 is 0 Å². The minimum atomic E-state index is -0.173. The second kappa shape index (κ2) is 6.00. The largest absolute Gasteiger partial charge is 0.475 e. The third kappa shape index (κ3) is 3.57. The molecule has 0 aliphatic carbocycles. The zero-order chi connectivity index (χ0) is 13.0. The van der Waals surface area contributed by atoms with E-state index >= 15 is 0 Å². The zero-order valence-corrected chi connectivity index (χ0v) is 10.9. The maximum atomic E-state index is 11.5. The Morgan fingerprint density at radius 3 is 3.06 bits per heavy atom. The smallest absolute Gasteiger partial charge is 0.254 e. The van der Waals surface area contributed by atoms with E-state index in [1.54, 1.807) is 0 Å². The molecule has 0 amide bonds. The molecule has 0 bridgehead atoms. The van der Waals surface area contributed by atoms with E-state index in [2.05, 4.69) is 9.97 Å². The van der Waals surface area contributed by atoms with Crippen LogP contribution in [-0.4, -0.2) is 29.3 Å². The van der Waals surface area contributed by atoms with Crippen LogP contribution in [-0.2, 0) is 4.74 Å². The van der Waals surface area contributed by atoms with Crippen LogP contribution in [0.3, 0.4) is 0 Å². The minimum absolute atomic E-state index is 0.127. The number of aromatic nitrogens is 2. The van der Waals surface area contributed by atoms with Gasteiger partial charge in [-0.3, -0.25) is 4.79 Å². The van der Waals surface area contributed by atoms with E-state index in [9.17, 15) is 4.79 Å². The summed E-state index contributed by atoms with van der Waals surface area (Å²) in [5, 5.41) is 0. The van der Waals surface area contributed by atoms with Crippen LogP contribution in [0.25, 0.3) is 0 Å². The van der Waals surface area contributed by atoms with Gasteiger partial charge in [-0.2, -0.15) is 4.98 Å². The van der Waals surface area contributed by atoms with Crippen molar-refractivity contribution in [3.8, 4) is 5.88 Å². The quantitative estimate of drug-likeness (QED) is 0.888. The molecule has 1 aromatic heterocycles. The van der Waals surface area contributed by atoms with Crippen LogP contribution in [0, 0.1) is 0 Å². The summed E-state index contributed by atoms with van der Waals surface area (Å²) >= 11 is 0. The lowest BCUT2D eigenvalue weighted by Gasteiger charge is -2.22. The van der Waals surface area contributed by atoms with Gasteiger partial charge in [0, 0.05) is 12.5 Å². The topological polar surface area (TPSA) is 64.2 Å². The van der Waals surface area contributed by atoms with Crippen LogP contribution in [0.15, 0.2) is 10.9 Å². The summed E-state index contributed by atoms with van der Waals surface area (Å²) in [5.41, 5.74) is -0.173. The van der Waals surface area contributed by atoms with E-state index in [0.717, 1.165) is 19.4 Å². The summed E-state index contributed by atoms with van der Waals surface area (Å²) in [5.74, 6) is 1.21. The molecule has 1 aliphatic rings. The molecule has 0 saturated carbocycles. The molecule has 1 N–H and O–H groups in total. The first-order chi connectivity index (χ1) is 8.65. The van der Waals surface area contributed by atoms with Gasteiger partial charge in [0.15, 0.2) is 0 Å². The molecular formula is C13H20N2O3. The average molecular weight is 252 g/mol. The normalized spacial score (nSPS) is 20.1. The summed E-state index contributed by atoms with van der Waals surface area (Å²) in [4.78, 5) is 18.5. The van der Waals surface area contributed by atoms with E-state index in [1.165, 1.54) is 12.5 Å². The highest BCUT2D eigenvalue weighted by Crippen LogP contribution is 2.15. The number of rotatable bonds is 4. The van der Waals surface area contributed by atoms with Crippen LogP contribution in [0.2, 0.25) is 0 Å². The van der Waals surface area contributed by atoms with Gasteiger partial charge in [0.1, 0.15) is 12.4 Å². The van der Waals surface area contributed by atoms with Crippen LogP contribution < -0.4 is 10.3 Å². The summed E-state index contributed by atoms with van der Waals surface area (Å²) < 4.78 is 11.1. The van der Waals surface area contributed by atoms with Gasteiger partial charge in [0.05, 0.1) is 12.2 Å². The molecule has 5 nitrogen and oxygen atoms in total. The highest BCUT2D eigenvalue weighted by Gasteiger charge is 2.15. The molecule has 1 saturated heterocycles. The van der Waals surface area contributed by atoms with Crippen LogP contribution >= 0.6 is 0 Å². The molecule has 0 aromatic carbocycles. The van der Waals surface area contributed by atoms with Gasteiger partial charge >= 0.3 is 0 Å². The first kappa shape index (κ1) is 13.1. The van der Waals surface area contributed by atoms with Crippen molar-refractivity contribution in [1.29, 1.82) is 0 Å². The Morgan fingerprint density at radius 2 is 2.39 bits per heavy atom. The number of nitrogens with zero attached hydrogens (tertiary/aromatic N) is 1. The van der Waals surface area contributed by atoms with Gasteiger partial charge in [-0.05, 0) is 19.3 Å². The van der Waals surface area contributed by atoms with E-state index in [-0.39, 0.29) is 17.6 Å². The minimum Gasteiger partial charge on any atom is -0.475 e. The standard InChI is InChI=1S/C13H20N2O3/c1-9(2)13-14-11(16)7-12(15-13)18-8-10-5-3-4-6-17-10/h7,9-10H,3-6,8H2,1-2H3,(H,14,15,16). The Hall–Kier alpha value is -1.36. The number of hydrogen-bond acceptors (Lipinski definition) is 4. The Morgan fingerprint density at radius 1 is 1.56 bits per heavy atom. The predicted molar refractivity (Wildman–Crippen MR) is 68.0 cm³/mol. The first-order valence-corrected chi connectivity index (χ1v) is 6.51. The van der Waals surface area contributed by atoms with Crippen molar-refractivity contribution in [1.82, 2.24) is 9.97 Å². The summed E-state index contributed by atoms with van der Waals surface area (Å²) in [7, 11) is 0. The number of H-pyrrole nitrogens is 1. The SMILES string of the molecule is CC(C)c1nc(OCC2CCCCO2)cc(=O)[nH]1. The second-order valence-corrected chi connectivity index (χ2v) is 4.92. The molecule has 0 spiro atoms. The number of nitrogens with one attached hydrogen (secondary N) is 1. The van der Waals surface area contributed by atoms with Gasteiger partial charge in [-0.15, -0.1) is 0 Å². The lowest BCUT2D eigenvalue weighted by molar-refractivity contribution is -0.0120. The Labute approximate surface area is 107 Å². The molecule has 1 aromatic rings. The fourth-order valence-corrected chi connectivity index (χ4v) is 1.92. The molecule has 1 fully saturated rings. The maximum Gasteiger partial charge on any atom is 0.254 e. The molecule has 1 aliphatic heterocycles. The highest BCUT2D eigenvalue weighted by atomic mass is 16.5. The second-order valence-electron chi connectivity index (χ2n) is 4.92. The van der Waals surface area contributed by atoms with Gasteiger partial charge < -0.3 is 14.5 Å². The fraction of sp³-hybridized carbons (Fsp3) is 0.692. The first-order valence-electron chi connectivity index (χ1n) is 6.51. The van der Waals surface area contributed by atoms with Crippen molar-refractivity contribution < 1.29 is 9.47 Å². The maximum absolute atomic E-state index is 11.5. The molecule has 1 unspecified atom stereocenters. The molecule has 2 heterocycles. The van der Waals surface area contributed by atoms with Crippen molar-refractivity contribution in [3.63, 3.8) is 0 Å². The number of hydrogen-bond donors (Lipinski definition) is 1. The van der Waals surface area contributed by atoms with Crippen LogP contribution in [0.4, 0.5) is 0 Å². The Balaban J connectivity index is 1.97. The third-order valence-corrected chi connectivity index (χ3v) is 2.97. The molecule has 18 heavy (non-hydrogen) atoms. The lowest BCUT2D eigenvalue weighted by Crippen LogP contribution is -2.26. The Kier molecular flexibility index (Phi) is 4.36. The molecule has 1 atom stereocenters. The molecule has 5 heteroatoms. The van der Waals surface area contributed by atoms with E-state index in [4.69, 9.17) is 9.47 Å². The van der Waals surface area contributed by atoms with Crippen molar-refractivity contribution in [2.45, 2.75) is 45.1 Å². The third-order valence-electron chi connectivity index (χ3n) is 2.97. The van der Waals surface area contributed by atoms with Crippen LogP contribution in [0.1, 0.15) is 44.9 Å². The Bertz CT molecular complexity index is 436. The van der Waals surface area contributed by atoms with Crippen molar-refractivity contribution in [2.75, 3.05) is 13.2 Å². The summed E-state index contributed by atoms with van der Waals surface area (Å²) in [6, 6.07) is 1.38. The van der Waals surface area contributed by atoms with Gasteiger partial charge in [-0.1, -0.05) is 13.8 Å². The number of aromatic amines is 1.